The van der Waals surface area contributed by atoms with Crippen molar-refractivity contribution in [3.05, 3.63) is 23.5 Å². The SMILES string of the molecule is CCn1c(-c2ccncc2Cl)nnc1S(=O)(=O)Cl. The van der Waals surface area contributed by atoms with Crippen LogP contribution in [0.4, 0.5) is 0 Å². The molecule has 2 aromatic rings. The fourth-order valence-electron chi connectivity index (χ4n) is 1.51. The summed E-state index contributed by atoms with van der Waals surface area (Å²) in [6.45, 7) is 2.11. The molecular weight excluding hydrogens is 299 g/mol. The highest BCUT2D eigenvalue weighted by Crippen LogP contribution is 2.27. The average Bonchev–Trinajstić information content (AvgIpc) is 2.72. The third-order valence-electron chi connectivity index (χ3n) is 2.26. The van der Waals surface area contributed by atoms with E-state index in [9.17, 15) is 8.42 Å². The molecule has 0 aliphatic rings. The van der Waals surface area contributed by atoms with Crippen molar-refractivity contribution in [2.75, 3.05) is 0 Å². The Morgan fingerprint density at radius 2 is 2.11 bits per heavy atom. The first-order chi connectivity index (χ1) is 8.45. The fraction of sp³-hybridized carbons (Fsp3) is 0.222. The van der Waals surface area contributed by atoms with Gasteiger partial charge in [-0.1, -0.05) is 11.6 Å². The summed E-state index contributed by atoms with van der Waals surface area (Å²) in [5, 5.41) is 7.47. The van der Waals surface area contributed by atoms with Gasteiger partial charge in [0.15, 0.2) is 5.82 Å². The maximum atomic E-state index is 11.3. The molecule has 0 aliphatic carbocycles. The average molecular weight is 307 g/mol. The van der Waals surface area contributed by atoms with Gasteiger partial charge in [0.05, 0.1) is 5.02 Å². The van der Waals surface area contributed by atoms with Gasteiger partial charge in [0, 0.05) is 35.2 Å². The molecule has 2 aromatic heterocycles. The van der Waals surface area contributed by atoms with Crippen LogP contribution in [0.25, 0.3) is 11.4 Å². The van der Waals surface area contributed by atoms with Gasteiger partial charge in [-0.25, -0.2) is 8.42 Å². The molecule has 0 N–H and O–H groups in total. The molecule has 0 unspecified atom stereocenters. The molecule has 2 heterocycles. The highest BCUT2D eigenvalue weighted by Gasteiger charge is 2.23. The summed E-state index contributed by atoms with van der Waals surface area (Å²) in [6, 6.07) is 1.63. The van der Waals surface area contributed by atoms with Crippen LogP contribution in [0, 0.1) is 0 Å². The summed E-state index contributed by atoms with van der Waals surface area (Å²) in [6.07, 6.45) is 2.98. The van der Waals surface area contributed by atoms with Crippen molar-refractivity contribution in [2.45, 2.75) is 18.6 Å². The van der Waals surface area contributed by atoms with E-state index in [1.54, 1.807) is 13.0 Å². The van der Waals surface area contributed by atoms with Gasteiger partial charge in [-0.05, 0) is 13.0 Å². The lowest BCUT2D eigenvalue weighted by Crippen LogP contribution is -2.06. The van der Waals surface area contributed by atoms with Crippen LogP contribution in [0.3, 0.4) is 0 Å². The van der Waals surface area contributed by atoms with Gasteiger partial charge < -0.3 is 0 Å². The van der Waals surface area contributed by atoms with E-state index >= 15 is 0 Å². The van der Waals surface area contributed by atoms with Crippen LogP contribution >= 0.6 is 22.3 Å². The molecule has 0 saturated heterocycles. The van der Waals surface area contributed by atoms with Gasteiger partial charge in [-0.15, -0.1) is 10.2 Å². The standard InChI is InChI=1S/C9H8Cl2N4O2S/c1-2-15-8(6-3-4-12-5-7(6)10)13-14-9(15)18(11,16)17/h3-5H,2H2,1H3. The minimum absolute atomic E-state index is 0.297. The maximum Gasteiger partial charge on any atom is 0.296 e. The lowest BCUT2D eigenvalue weighted by Gasteiger charge is -2.06. The van der Waals surface area contributed by atoms with Crippen LogP contribution in [0.1, 0.15) is 6.92 Å². The molecule has 0 aromatic carbocycles. The van der Waals surface area contributed by atoms with E-state index in [-0.39, 0.29) is 5.16 Å². The number of halogens is 2. The zero-order valence-corrected chi connectivity index (χ0v) is 11.5. The van der Waals surface area contributed by atoms with E-state index in [2.05, 4.69) is 15.2 Å². The van der Waals surface area contributed by atoms with Crippen LogP contribution in [-0.2, 0) is 15.6 Å². The molecule has 18 heavy (non-hydrogen) atoms. The Balaban J connectivity index is 2.68. The molecule has 0 bridgehead atoms. The maximum absolute atomic E-state index is 11.3. The van der Waals surface area contributed by atoms with Crippen molar-refractivity contribution in [3.8, 4) is 11.4 Å². The highest BCUT2D eigenvalue weighted by atomic mass is 35.7. The Bertz CT molecular complexity index is 684. The number of hydrogen-bond donors (Lipinski definition) is 0. The lowest BCUT2D eigenvalue weighted by atomic mass is 10.2. The predicted molar refractivity (Wildman–Crippen MR) is 67.0 cm³/mol. The Morgan fingerprint density at radius 3 is 2.67 bits per heavy atom. The Kier molecular flexibility index (Phi) is 3.56. The van der Waals surface area contributed by atoms with E-state index in [4.69, 9.17) is 22.3 Å². The van der Waals surface area contributed by atoms with Crippen LogP contribution in [0.5, 0.6) is 0 Å². The number of aromatic nitrogens is 4. The summed E-state index contributed by atoms with van der Waals surface area (Å²) < 4.78 is 24.1. The second-order valence-electron chi connectivity index (χ2n) is 3.34. The van der Waals surface area contributed by atoms with E-state index in [0.717, 1.165) is 0 Å². The van der Waals surface area contributed by atoms with Crippen LogP contribution in [0.15, 0.2) is 23.6 Å². The molecule has 6 nitrogen and oxygen atoms in total. The summed E-state index contributed by atoms with van der Waals surface area (Å²) >= 11 is 5.99. The van der Waals surface area contributed by atoms with E-state index in [1.807, 2.05) is 0 Å². The molecule has 0 amide bonds. The van der Waals surface area contributed by atoms with Crippen molar-refractivity contribution in [1.82, 2.24) is 19.7 Å². The second kappa shape index (κ2) is 4.83. The first kappa shape index (κ1) is 13.3. The molecule has 96 valence electrons. The highest BCUT2D eigenvalue weighted by molar-refractivity contribution is 8.13. The molecule has 0 atom stereocenters. The summed E-state index contributed by atoms with van der Waals surface area (Å²) in [5.74, 6) is 0.337. The van der Waals surface area contributed by atoms with Gasteiger partial charge in [-0.3, -0.25) is 9.55 Å². The lowest BCUT2D eigenvalue weighted by molar-refractivity contribution is 0.583. The molecule has 0 radical (unpaired) electrons. The monoisotopic (exact) mass is 306 g/mol. The van der Waals surface area contributed by atoms with Gasteiger partial charge in [0.25, 0.3) is 14.2 Å². The molecule has 0 aliphatic heterocycles. The molecule has 0 spiro atoms. The van der Waals surface area contributed by atoms with Gasteiger partial charge >= 0.3 is 0 Å². The molecule has 9 heteroatoms. The van der Waals surface area contributed by atoms with E-state index in [0.29, 0.717) is 23.0 Å². The Hall–Kier alpha value is -1.18. The van der Waals surface area contributed by atoms with Gasteiger partial charge in [-0.2, -0.15) is 0 Å². The third-order valence-corrected chi connectivity index (χ3v) is 3.72. The van der Waals surface area contributed by atoms with E-state index in [1.165, 1.54) is 17.0 Å². The summed E-state index contributed by atoms with van der Waals surface area (Å²) in [7, 11) is 1.34. The zero-order valence-electron chi connectivity index (χ0n) is 9.21. The minimum atomic E-state index is -3.94. The molecule has 2 rings (SSSR count). The Morgan fingerprint density at radius 1 is 1.39 bits per heavy atom. The van der Waals surface area contributed by atoms with Crippen molar-refractivity contribution in [3.63, 3.8) is 0 Å². The van der Waals surface area contributed by atoms with Crippen molar-refractivity contribution in [2.24, 2.45) is 0 Å². The zero-order chi connectivity index (χ0) is 13.3. The summed E-state index contributed by atoms with van der Waals surface area (Å²) in [5.41, 5.74) is 0.549. The first-order valence-electron chi connectivity index (χ1n) is 4.93. The van der Waals surface area contributed by atoms with Crippen LogP contribution in [-0.4, -0.2) is 28.2 Å². The second-order valence-corrected chi connectivity index (χ2v) is 6.21. The fourth-order valence-corrected chi connectivity index (χ4v) is 2.67. The molecule has 0 fully saturated rings. The Labute approximate surface area is 113 Å². The smallest absolute Gasteiger partial charge is 0.296 e. The van der Waals surface area contributed by atoms with Crippen LogP contribution < -0.4 is 0 Å². The molecular formula is C9H8Cl2N4O2S. The third kappa shape index (κ3) is 2.33. The minimum Gasteiger partial charge on any atom is -0.297 e. The van der Waals surface area contributed by atoms with Crippen molar-refractivity contribution >= 4 is 31.3 Å². The molecule has 0 saturated carbocycles. The number of nitrogens with zero attached hydrogens (tertiary/aromatic N) is 4. The summed E-state index contributed by atoms with van der Waals surface area (Å²) in [4.78, 5) is 3.85. The van der Waals surface area contributed by atoms with Crippen LogP contribution in [0.2, 0.25) is 5.02 Å². The topological polar surface area (TPSA) is 77.7 Å². The largest absolute Gasteiger partial charge is 0.297 e. The van der Waals surface area contributed by atoms with Gasteiger partial charge in [0.2, 0.25) is 0 Å². The number of pyridine rings is 1. The van der Waals surface area contributed by atoms with Gasteiger partial charge in [0.1, 0.15) is 0 Å². The predicted octanol–water partition coefficient (Wildman–Crippen LogP) is 1.94. The van der Waals surface area contributed by atoms with E-state index < -0.39 is 9.05 Å². The first-order valence-corrected chi connectivity index (χ1v) is 7.61. The van der Waals surface area contributed by atoms with Crippen molar-refractivity contribution < 1.29 is 8.42 Å². The normalized spacial score (nSPS) is 11.7. The quantitative estimate of drug-likeness (QED) is 0.810. The number of hydrogen-bond acceptors (Lipinski definition) is 5. The number of rotatable bonds is 3. The van der Waals surface area contributed by atoms with Crippen molar-refractivity contribution in [1.29, 1.82) is 0 Å².